The number of likely N-dealkylation sites (tertiary alicyclic amines) is 1. The molecule has 0 aliphatic carbocycles. The number of piperidine rings is 1. The Bertz CT molecular complexity index is 610. The third kappa shape index (κ3) is 3.84. The molecule has 1 aromatic carbocycles. The molecule has 130 valence electrons. The topological polar surface area (TPSA) is 61.9 Å². The Labute approximate surface area is 140 Å². The first kappa shape index (κ1) is 16.7. The number of ether oxygens (including phenoxy) is 1. The molecule has 2 aliphatic heterocycles. The van der Waals surface area contributed by atoms with Crippen molar-refractivity contribution in [1.29, 1.82) is 0 Å². The van der Waals surface area contributed by atoms with E-state index in [0.717, 1.165) is 19.4 Å². The Balaban J connectivity index is 1.55. The lowest BCUT2D eigenvalue weighted by Gasteiger charge is -2.41. The van der Waals surface area contributed by atoms with Crippen molar-refractivity contribution in [3.63, 3.8) is 0 Å². The summed E-state index contributed by atoms with van der Waals surface area (Å²) in [6.45, 7) is 2.80. The van der Waals surface area contributed by atoms with Gasteiger partial charge in [-0.3, -0.25) is 9.59 Å². The number of carbonyl (C=O) groups excluding carboxylic acids is 2. The molecule has 2 fully saturated rings. The second-order valence-electron chi connectivity index (χ2n) is 6.12. The molecule has 2 aliphatic rings. The van der Waals surface area contributed by atoms with E-state index in [1.165, 1.54) is 12.1 Å². The zero-order valence-corrected chi connectivity index (χ0v) is 13.5. The minimum Gasteiger partial charge on any atom is -0.481 e. The maximum absolute atomic E-state index is 13.5. The number of hydrogen-bond donors (Lipinski definition) is 1. The highest BCUT2D eigenvalue weighted by atomic mass is 19.1. The van der Waals surface area contributed by atoms with E-state index >= 15 is 0 Å². The second kappa shape index (κ2) is 7.61. The summed E-state index contributed by atoms with van der Waals surface area (Å²) in [6.07, 6.45) is 1.76. The van der Waals surface area contributed by atoms with Crippen LogP contribution in [0.2, 0.25) is 0 Å². The average Bonchev–Trinajstić information content (AvgIpc) is 2.61. The van der Waals surface area contributed by atoms with E-state index in [0.29, 0.717) is 26.2 Å². The number of halogens is 1. The number of carbonyl (C=O) groups is 2. The third-order valence-electron chi connectivity index (χ3n) is 4.50. The van der Waals surface area contributed by atoms with Crippen molar-refractivity contribution in [1.82, 2.24) is 15.1 Å². The number of nitrogens with zero attached hydrogens (tertiary/aromatic N) is 2. The molecule has 0 saturated carbocycles. The Hall–Kier alpha value is -2.15. The summed E-state index contributed by atoms with van der Waals surface area (Å²) in [5, 5.41) is 3.05. The highest BCUT2D eigenvalue weighted by molar-refractivity contribution is 5.80. The van der Waals surface area contributed by atoms with Crippen LogP contribution in [-0.2, 0) is 9.59 Å². The first-order valence-electron chi connectivity index (χ1n) is 8.30. The van der Waals surface area contributed by atoms with Crippen LogP contribution in [0.1, 0.15) is 12.8 Å². The second-order valence-corrected chi connectivity index (χ2v) is 6.12. The van der Waals surface area contributed by atoms with E-state index in [2.05, 4.69) is 5.32 Å². The largest absolute Gasteiger partial charge is 0.481 e. The number of piperazine rings is 1. The van der Waals surface area contributed by atoms with Gasteiger partial charge in [0, 0.05) is 32.2 Å². The maximum atomic E-state index is 13.5. The molecule has 0 bridgehead atoms. The molecule has 2 heterocycles. The molecule has 3 rings (SSSR count). The molecule has 0 radical (unpaired) electrons. The Morgan fingerprint density at radius 3 is 2.96 bits per heavy atom. The third-order valence-corrected chi connectivity index (χ3v) is 4.50. The van der Waals surface area contributed by atoms with Gasteiger partial charge in [-0.25, -0.2) is 4.39 Å². The molecular formula is C17H22FN3O3. The number of nitrogens with one attached hydrogen (secondary N) is 1. The van der Waals surface area contributed by atoms with Crippen molar-refractivity contribution in [2.45, 2.75) is 18.9 Å². The van der Waals surface area contributed by atoms with E-state index in [1.807, 2.05) is 4.90 Å². The molecule has 2 amide bonds. The molecular weight excluding hydrogens is 313 g/mol. The van der Waals surface area contributed by atoms with E-state index in [-0.39, 0.29) is 30.2 Å². The SMILES string of the molecule is O=C(COc1ccccc1F)N1CCCC(N2CCNCC2=O)C1. The molecule has 7 heteroatoms. The zero-order valence-electron chi connectivity index (χ0n) is 13.5. The van der Waals surface area contributed by atoms with Crippen molar-refractivity contribution >= 4 is 11.8 Å². The number of hydrogen-bond acceptors (Lipinski definition) is 4. The van der Waals surface area contributed by atoms with Crippen LogP contribution < -0.4 is 10.1 Å². The van der Waals surface area contributed by atoms with Gasteiger partial charge in [0.1, 0.15) is 0 Å². The van der Waals surface area contributed by atoms with Crippen LogP contribution in [-0.4, -0.2) is 67.0 Å². The lowest BCUT2D eigenvalue weighted by Crippen LogP contribution is -2.57. The lowest BCUT2D eigenvalue weighted by atomic mass is 10.0. The van der Waals surface area contributed by atoms with Gasteiger partial charge in [-0.15, -0.1) is 0 Å². The fourth-order valence-electron chi connectivity index (χ4n) is 3.24. The summed E-state index contributed by atoms with van der Waals surface area (Å²) in [6, 6.07) is 6.10. The molecule has 1 aromatic rings. The van der Waals surface area contributed by atoms with Gasteiger partial charge in [-0.1, -0.05) is 12.1 Å². The van der Waals surface area contributed by atoms with Gasteiger partial charge >= 0.3 is 0 Å². The van der Waals surface area contributed by atoms with Crippen molar-refractivity contribution in [3.05, 3.63) is 30.1 Å². The highest BCUT2D eigenvalue weighted by Gasteiger charge is 2.31. The molecule has 0 aromatic heterocycles. The monoisotopic (exact) mass is 335 g/mol. The van der Waals surface area contributed by atoms with Crippen LogP contribution >= 0.6 is 0 Å². The van der Waals surface area contributed by atoms with Gasteiger partial charge in [0.15, 0.2) is 18.2 Å². The van der Waals surface area contributed by atoms with Crippen LogP contribution in [0.15, 0.2) is 24.3 Å². The standard InChI is InChI=1S/C17H22FN3O3/c18-14-5-1-2-6-15(14)24-12-17(23)20-8-3-4-13(11-20)21-9-7-19-10-16(21)22/h1-2,5-6,13,19H,3-4,7-12H2. The lowest BCUT2D eigenvalue weighted by molar-refractivity contribution is -0.141. The summed E-state index contributed by atoms with van der Waals surface area (Å²) in [5.41, 5.74) is 0. The van der Waals surface area contributed by atoms with Crippen LogP contribution in [0.4, 0.5) is 4.39 Å². The Kier molecular flexibility index (Phi) is 5.30. The fourth-order valence-corrected chi connectivity index (χ4v) is 3.24. The first-order chi connectivity index (χ1) is 11.6. The summed E-state index contributed by atoms with van der Waals surface area (Å²) in [4.78, 5) is 27.9. The quantitative estimate of drug-likeness (QED) is 0.877. The predicted molar refractivity (Wildman–Crippen MR) is 86.1 cm³/mol. The van der Waals surface area contributed by atoms with Gasteiger partial charge < -0.3 is 19.9 Å². The average molecular weight is 335 g/mol. The van der Waals surface area contributed by atoms with Gasteiger partial charge in [-0.2, -0.15) is 0 Å². The maximum Gasteiger partial charge on any atom is 0.260 e. The number of amides is 2. The van der Waals surface area contributed by atoms with E-state index in [4.69, 9.17) is 4.74 Å². The smallest absolute Gasteiger partial charge is 0.260 e. The Morgan fingerprint density at radius 2 is 2.17 bits per heavy atom. The predicted octanol–water partition coefficient (Wildman–Crippen LogP) is 0.627. The minimum atomic E-state index is -0.478. The fraction of sp³-hybridized carbons (Fsp3) is 0.529. The summed E-state index contributed by atoms with van der Waals surface area (Å²) < 4.78 is 18.8. The van der Waals surface area contributed by atoms with Gasteiger partial charge in [-0.05, 0) is 25.0 Å². The van der Waals surface area contributed by atoms with Crippen molar-refractivity contribution in [2.24, 2.45) is 0 Å². The van der Waals surface area contributed by atoms with Crippen LogP contribution in [0.3, 0.4) is 0 Å². The van der Waals surface area contributed by atoms with E-state index in [9.17, 15) is 14.0 Å². The summed E-state index contributed by atoms with van der Waals surface area (Å²) >= 11 is 0. The molecule has 24 heavy (non-hydrogen) atoms. The highest BCUT2D eigenvalue weighted by Crippen LogP contribution is 2.19. The van der Waals surface area contributed by atoms with Gasteiger partial charge in [0.2, 0.25) is 5.91 Å². The minimum absolute atomic E-state index is 0.0609. The van der Waals surface area contributed by atoms with Gasteiger partial charge in [0.05, 0.1) is 6.54 Å². The first-order valence-corrected chi connectivity index (χ1v) is 8.30. The van der Waals surface area contributed by atoms with E-state index in [1.54, 1.807) is 17.0 Å². The normalized spacial score (nSPS) is 21.7. The zero-order chi connectivity index (χ0) is 16.9. The van der Waals surface area contributed by atoms with Crippen LogP contribution in [0.25, 0.3) is 0 Å². The van der Waals surface area contributed by atoms with Crippen LogP contribution in [0, 0.1) is 5.82 Å². The van der Waals surface area contributed by atoms with Crippen molar-refractivity contribution in [2.75, 3.05) is 39.3 Å². The van der Waals surface area contributed by atoms with Crippen molar-refractivity contribution in [3.8, 4) is 5.75 Å². The summed E-state index contributed by atoms with van der Waals surface area (Å²) in [7, 11) is 0. The Morgan fingerprint density at radius 1 is 1.33 bits per heavy atom. The molecule has 6 nitrogen and oxygen atoms in total. The van der Waals surface area contributed by atoms with Gasteiger partial charge in [0.25, 0.3) is 5.91 Å². The van der Waals surface area contributed by atoms with E-state index < -0.39 is 5.82 Å². The molecule has 1 N–H and O–H groups in total. The molecule has 1 unspecified atom stereocenters. The van der Waals surface area contributed by atoms with Crippen LogP contribution in [0.5, 0.6) is 5.75 Å². The molecule has 0 spiro atoms. The number of rotatable bonds is 4. The number of para-hydroxylation sites is 1. The van der Waals surface area contributed by atoms with Crippen molar-refractivity contribution < 1.29 is 18.7 Å². The summed E-state index contributed by atoms with van der Waals surface area (Å²) in [5.74, 6) is -0.487. The molecule has 2 saturated heterocycles. The number of benzene rings is 1. The molecule has 1 atom stereocenters.